The van der Waals surface area contributed by atoms with Gasteiger partial charge in [0.1, 0.15) is 10.7 Å². The van der Waals surface area contributed by atoms with Crippen molar-refractivity contribution in [2.75, 3.05) is 30.9 Å². The van der Waals surface area contributed by atoms with Crippen LogP contribution in [0.2, 0.25) is 0 Å². The fourth-order valence-corrected chi connectivity index (χ4v) is 4.11. The molecule has 0 saturated heterocycles. The number of anilines is 2. The molecule has 7 nitrogen and oxygen atoms in total. The average molecular weight is 467 g/mol. The van der Waals surface area contributed by atoms with Gasteiger partial charge in [0.2, 0.25) is 0 Å². The summed E-state index contributed by atoms with van der Waals surface area (Å²) in [6, 6.07) is 11.4. The molecular weight excluding hydrogens is 436 g/mol. The van der Waals surface area contributed by atoms with Crippen molar-refractivity contribution in [2.45, 2.75) is 34.2 Å². The summed E-state index contributed by atoms with van der Waals surface area (Å²) in [5, 5.41) is 8.28. The van der Waals surface area contributed by atoms with Gasteiger partial charge in [0, 0.05) is 30.4 Å². The lowest BCUT2D eigenvalue weighted by Crippen LogP contribution is -2.37. The third kappa shape index (κ3) is 6.40. The molecule has 2 N–H and O–H groups in total. The summed E-state index contributed by atoms with van der Waals surface area (Å²) < 4.78 is 5.18. The fourth-order valence-electron chi connectivity index (χ4n) is 3.32. The smallest absolute Gasteiger partial charge is 0.322 e. The summed E-state index contributed by atoms with van der Waals surface area (Å²) >= 11 is 1.35. The van der Waals surface area contributed by atoms with Gasteiger partial charge in [-0.05, 0) is 62.1 Å². The molecule has 0 aliphatic carbocycles. The summed E-state index contributed by atoms with van der Waals surface area (Å²) in [6.45, 7) is 9.03. The Kier molecular flexibility index (Phi) is 8.19. The number of nitrogens with one attached hydrogen (secondary N) is 2. The van der Waals surface area contributed by atoms with Crippen molar-refractivity contribution in [1.82, 2.24) is 9.88 Å². The molecule has 0 atom stereocenters. The molecule has 0 fully saturated rings. The number of urea groups is 1. The zero-order valence-corrected chi connectivity index (χ0v) is 20.5. The zero-order chi connectivity index (χ0) is 24.0. The van der Waals surface area contributed by atoms with E-state index in [0.717, 1.165) is 28.1 Å². The number of rotatable bonds is 8. The normalized spacial score (nSPS) is 10.7. The molecule has 1 aromatic heterocycles. The van der Waals surface area contributed by atoms with Crippen molar-refractivity contribution in [2.24, 2.45) is 0 Å². The number of amides is 3. The van der Waals surface area contributed by atoms with Gasteiger partial charge in [0.25, 0.3) is 5.91 Å². The van der Waals surface area contributed by atoms with Crippen LogP contribution in [0.3, 0.4) is 0 Å². The number of nitrogens with zero attached hydrogens (tertiary/aromatic N) is 2. The Morgan fingerprint density at radius 2 is 1.73 bits per heavy atom. The van der Waals surface area contributed by atoms with Crippen LogP contribution in [0.1, 0.15) is 37.7 Å². The highest BCUT2D eigenvalue weighted by atomic mass is 32.1. The molecule has 0 saturated carbocycles. The standard InChI is InChI=1S/C25H30N4O3S/c1-16-9-10-20(13-19(16)4)26-24(30)21-15-33-22(27-21)14-29(11-12-32-5)25(31)28-23-17(2)7-6-8-18(23)3/h6-10,13,15H,11-12,14H2,1-5H3,(H,26,30)(H,28,31). The number of ether oxygens (including phenoxy) is 1. The molecule has 1 heterocycles. The quantitative estimate of drug-likeness (QED) is 0.471. The third-order valence-electron chi connectivity index (χ3n) is 5.44. The van der Waals surface area contributed by atoms with Crippen molar-refractivity contribution in [3.63, 3.8) is 0 Å². The molecule has 3 amide bonds. The summed E-state index contributed by atoms with van der Waals surface area (Å²) in [7, 11) is 1.60. The van der Waals surface area contributed by atoms with Crippen LogP contribution in [0, 0.1) is 27.7 Å². The van der Waals surface area contributed by atoms with Crippen LogP contribution in [0.4, 0.5) is 16.2 Å². The maximum Gasteiger partial charge on any atom is 0.322 e. The first-order valence-electron chi connectivity index (χ1n) is 10.7. The zero-order valence-electron chi connectivity index (χ0n) is 19.7. The molecule has 0 radical (unpaired) electrons. The summed E-state index contributed by atoms with van der Waals surface area (Å²) in [5.74, 6) is -0.274. The minimum atomic E-state index is -0.274. The van der Waals surface area contributed by atoms with E-state index in [1.165, 1.54) is 16.9 Å². The second kappa shape index (κ2) is 11.1. The number of hydrogen-bond acceptors (Lipinski definition) is 5. The number of benzene rings is 2. The molecule has 0 unspecified atom stereocenters. The maximum atomic E-state index is 13.0. The average Bonchev–Trinajstić information content (AvgIpc) is 3.25. The van der Waals surface area contributed by atoms with Crippen molar-refractivity contribution >= 4 is 34.6 Å². The first-order chi connectivity index (χ1) is 15.8. The molecule has 8 heteroatoms. The van der Waals surface area contributed by atoms with Gasteiger partial charge in [-0.2, -0.15) is 0 Å². The van der Waals surface area contributed by atoms with Gasteiger partial charge in [0.05, 0.1) is 13.2 Å². The van der Waals surface area contributed by atoms with Gasteiger partial charge >= 0.3 is 6.03 Å². The summed E-state index contributed by atoms with van der Waals surface area (Å²) in [5.41, 5.74) is 6.12. The van der Waals surface area contributed by atoms with E-state index in [-0.39, 0.29) is 18.5 Å². The third-order valence-corrected chi connectivity index (χ3v) is 6.27. The first kappa shape index (κ1) is 24.4. The van der Waals surface area contributed by atoms with E-state index in [0.29, 0.717) is 23.9 Å². The van der Waals surface area contributed by atoms with Crippen LogP contribution < -0.4 is 10.6 Å². The van der Waals surface area contributed by atoms with Crippen molar-refractivity contribution < 1.29 is 14.3 Å². The molecule has 0 bridgehead atoms. The van der Waals surface area contributed by atoms with Crippen LogP contribution in [-0.4, -0.2) is 42.1 Å². The highest BCUT2D eigenvalue weighted by Gasteiger charge is 2.19. The van der Waals surface area contributed by atoms with Crippen LogP contribution in [0.25, 0.3) is 0 Å². The van der Waals surface area contributed by atoms with Gasteiger partial charge in [-0.15, -0.1) is 11.3 Å². The Morgan fingerprint density at radius 1 is 1.00 bits per heavy atom. The second-order valence-electron chi connectivity index (χ2n) is 7.99. The first-order valence-corrected chi connectivity index (χ1v) is 11.6. The molecular formula is C25H30N4O3S. The van der Waals surface area contributed by atoms with Crippen molar-refractivity contribution in [1.29, 1.82) is 0 Å². The van der Waals surface area contributed by atoms with Gasteiger partial charge in [-0.1, -0.05) is 24.3 Å². The topological polar surface area (TPSA) is 83.6 Å². The number of thiazole rings is 1. The molecule has 33 heavy (non-hydrogen) atoms. The van der Waals surface area contributed by atoms with E-state index in [1.807, 2.05) is 64.1 Å². The number of para-hydroxylation sites is 1. The molecule has 0 aliphatic rings. The minimum Gasteiger partial charge on any atom is -0.383 e. The second-order valence-corrected chi connectivity index (χ2v) is 8.93. The molecule has 3 aromatic rings. The van der Waals surface area contributed by atoms with E-state index in [4.69, 9.17) is 4.74 Å². The number of carbonyl (C=O) groups is 2. The molecule has 3 rings (SSSR count). The molecule has 174 valence electrons. The SMILES string of the molecule is COCCN(Cc1nc(C(=O)Nc2ccc(C)c(C)c2)cs1)C(=O)Nc1c(C)cccc1C. The van der Waals surface area contributed by atoms with E-state index < -0.39 is 0 Å². The monoisotopic (exact) mass is 466 g/mol. The summed E-state index contributed by atoms with van der Waals surface area (Å²) in [6.07, 6.45) is 0. The van der Waals surface area contributed by atoms with Crippen LogP contribution >= 0.6 is 11.3 Å². The maximum absolute atomic E-state index is 13.0. The van der Waals surface area contributed by atoms with Crippen LogP contribution in [-0.2, 0) is 11.3 Å². The molecule has 0 aliphatic heterocycles. The number of carbonyl (C=O) groups excluding carboxylic acids is 2. The lowest BCUT2D eigenvalue weighted by molar-refractivity contribution is 0.102. The number of methoxy groups -OCH3 is 1. The Labute approximate surface area is 198 Å². The predicted molar refractivity (Wildman–Crippen MR) is 133 cm³/mol. The molecule has 0 spiro atoms. The fraction of sp³-hybridized carbons (Fsp3) is 0.320. The van der Waals surface area contributed by atoms with Crippen molar-refractivity contribution in [3.05, 3.63) is 74.7 Å². The Bertz CT molecular complexity index is 1120. The lowest BCUT2D eigenvalue weighted by atomic mass is 10.1. The van der Waals surface area contributed by atoms with Gasteiger partial charge in [-0.25, -0.2) is 9.78 Å². The van der Waals surface area contributed by atoms with Crippen molar-refractivity contribution in [3.8, 4) is 0 Å². The lowest BCUT2D eigenvalue weighted by Gasteiger charge is -2.23. The Hall–Kier alpha value is -3.23. The highest BCUT2D eigenvalue weighted by molar-refractivity contribution is 7.09. The number of hydrogen-bond donors (Lipinski definition) is 2. The van der Waals surface area contributed by atoms with Crippen LogP contribution in [0.15, 0.2) is 41.8 Å². The number of aryl methyl sites for hydroxylation is 4. The summed E-state index contributed by atoms with van der Waals surface area (Å²) in [4.78, 5) is 31.8. The highest BCUT2D eigenvalue weighted by Crippen LogP contribution is 2.21. The Morgan fingerprint density at radius 3 is 2.39 bits per heavy atom. The van der Waals surface area contributed by atoms with E-state index in [2.05, 4.69) is 15.6 Å². The van der Waals surface area contributed by atoms with Gasteiger partial charge in [0.15, 0.2) is 0 Å². The van der Waals surface area contributed by atoms with E-state index >= 15 is 0 Å². The van der Waals surface area contributed by atoms with E-state index in [1.54, 1.807) is 17.4 Å². The van der Waals surface area contributed by atoms with Crippen LogP contribution in [0.5, 0.6) is 0 Å². The Balaban J connectivity index is 1.70. The van der Waals surface area contributed by atoms with Gasteiger partial charge < -0.3 is 20.3 Å². The minimum absolute atomic E-state index is 0.235. The predicted octanol–water partition coefficient (Wildman–Crippen LogP) is 5.31. The number of aromatic nitrogens is 1. The van der Waals surface area contributed by atoms with E-state index in [9.17, 15) is 9.59 Å². The van der Waals surface area contributed by atoms with Gasteiger partial charge in [-0.3, -0.25) is 4.79 Å². The molecule has 2 aromatic carbocycles. The largest absolute Gasteiger partial charge is 0.383 e.